The number of aliphatic hydroxyl groups excluding tert-OH is 1. The monoisotopic (exact) mass is 273 g/mol. The van der Waals surface area contributed by atoms with Gasteiger partial charge in [-0.3, -0.25) is 4.79 Å². The smallest absolute Gasteiger partial charge is 0.222 e. The molecule has 0 atom stereocenters. The Bertz CT molecular complexity index is 427. The number of halogens is 2. The van der Waals surface area contributed by atoms with E-state index < -0.39 is 24.0 Å². The lowest BCUT2D eigenvalue weighted by molar-refractivity contribution is -0.128. The van der Waals surface area contributed by atoms with Crippen molar-refractivity contribution in [1.29, 1.82) is 0 Å². The fraction of sp³-hybridized carbons (Fsp3) is 0.462. The number of amides is 1. The van der Waals surface area contributed by atoms with Gasteiger partial charge in [-0.1, -0.05) is 0 Å². The number of hydrogen-bond donors (Lipinski definition) is 1. The first-order valence-corrected chi connectivity index (χ1v) is 5.87. The second kappa shape index (κ2) is 7.04. The molecule has 0 aliphatic carbocycles. The molecule has 0 aromatic heterocycles. The molecule has 106 valence electrons. The summed E-state index contributed by atoms with van der Waals surface area (Å²) < 4.78 is 31.9. The summed E-state index contributed by atoms with van der Waals surface area (Å²) in [6.07, 6.45) is 0.628. The van der Waals surface area contributed by atoms with Crippen molar-refractivity contribution in [2.45, 2.75) is 19.4 Å². The largest absolute Gasteiger partial charge is 0.488 e. The van der Waals surface area contributed by atoms with E-state index in [-0.39, 0.29) is 24.5 Å². The van der Waals surface area contributed by atoms with Crippen LogP contribution in [0.15, 0.2) is 12.1 Å². The third-order valence-corrected chi connectivity index (χ3v) is 2.52. The molecule has 1 amide bonds. The number of hydrogen-bond acceptors (Lipinski definition) is 3. The standard InChI is InChI=1S/C13H17F2NO3/c1-16(2)12(18)4-3-5-19-13-10(14)6-9(8-17)7-11(13)15/h6-7,17H,3-5,8H2,1-2H3. The highest BCUT2D eigenvalue weighted by Crippen LogP contribution is 2.23. The van der Waals surface area contributed by atoms with Crippen LogP contribution in [0.4, 0.5) is 8.78 Å². The van der Waals surface area contributed by atoms with E-state index in [2.05, 4.69) is 0 Å². The second-order valence-corrected chi connectivity index (χ2v) is 4.29. The lowest BCUT2D eigenvalue weighted by Crippen LogP contribution is -2.21. The Balaban J connectivity index is 2.52. The Morgan fingerprint density at radius 1 is 1.32 bits per heavy atom. The maximum absolute atomic E-state index is 13.5. The van der Waals surface area contributed by atoms with Gasteiger partial charge in [0.25, 0.3) is 0 Å². The summed E-state index contributed by atoms with van der Waals surface area (Å²) in [6.45, 7) is -0.392. The van der Waals surface area contributed by atoms with Crippen molar-refractivity contribution in [3.8, 4) is 5.75 Å². The molecule has 0 saturated heterocycles. The van der Waals surface area contributed by atoms with Crippen LogP contribution in [-0.2, 0) is 11.4 Å². The molecule has 4 nitrogen and oxygen atoms in total. The molecule has 0 aliphatic rings. The molecule has 0 heterocycles. The molecular formula is C13H17F2NO3. The molecule has 0 radical (unpaired) electrons. The third-order valence-electron chi connectivity index (χ3n) is 2.52. The van der Waals surface area contributed by atoms with Crippen molar-refractivity contribution in [1.82, 2.24) is 4.90 Å². The highest BCUT2D eigenvalue weighted by atomic mass is 19.1. The Hall–Kier alpha value is -1.69. The Morgan fingerprint density at radius 3 is 2.37 bits per heavy atom. The number of rotatable bonds is 6. The summed E-state index contributed by atoms with van der Waals surface area (Å²) in [5.74, 6) is -2.26. The van der Waals surface area contributed by atoms with E-state index in [9.17, 15) is 13.6 Å². The SMILES string of the molecule is CN(C)C(=O)CCCOc1c(F)cc(CO)cc1F. The van der Waals surface area contributed by atoms with Gasteiger partial charge in [0.05, 0.1) is 13.2 Å². The first-order valence-electron chi connectivity index (χ1n) is 5.87. The average molecular weight is 273 g/mol. The van der Waals surface area contributed by atoms with Crippen LogP contribution in [-0.4, -0.2) is 36.6 Å². The number of benzene rings is 1. The third kappa shape index (κ3) is 4.48. The van der Waals surface area contributed by atoms with Crippen LogP contribution in [0, 0.1) is 11.6 Å². The zero-order valence-electron chi connectivity index (χ0n) is 10.9. The van der Waals surface area contributed by atoms with Gasteiger partial charge in [0, 0.05) is 20.5 Å². The fourth-order valence-corrected chi connectivity index (χ4v) is 1.46. The molecule has 1 N–H and O–H groups in total. The maximum Gasteiger partial charge on any atom is 0.222 e. The van der Waals surface area contributed by atoms with E-state index in [1.165, 1.54) is 4.90 Å². The molecule has 1 aromatic carbocycles. The zero-order chi connectivity index (χ0) is 14.4. The molecule has 1 rings (SSSR count). The minimum atomic E-state index is -0.858. The van der Waals surface area contributed by atoms with Crippen molar-refractivity contribution in [2.24, 2.45) is 0 Å². The van der Waals surface area contributed by atoms with Crippen molar-refractivity contribution < 1.29 is 23.4 Å². The molecule has 0 aliphatic heterocycles. The van der Waals surface area contributed by atoms with Crippen LogP contribution in [0.2, 0.25) is 0 Å². The van der Waals surface area contributed by atoms with Crippen LogP contribution in [0.5, 0.6) is 5.75 Å². The number of aliphatic hydroxyl groups is 1. The minimum Gasteiger partial charge on any atom is -0.488 e. The van der Waals surface area contributed by atoms with E-state index in [1.54, 1.807) is 14.1 Å². The van der Waals surface area contributed by atoms with Crippen molar-refractivity contribution in [3.05, 3.63) is 29.3 Å². The number of ether oxygens (including phenoxy) is 1. The van der Waals surface area contributed by atoms with E-state index in [0.717, 1.165) is 12.1 Å². The summed E-state index contributed by atoms with van der Waals surface area (Å²) in [4.78, 5) is 12.7. The molecule has 0 unspecified atom stereocenters. The van der Waals surface area contributed by atoms with E-state index in [4.69, 9.17) is 9.84 Å². The lowest BCUT2D eigenvalue weighted by Gasteiger charge is -2.11. The lowest BCUT2D eigenvalue weighted by atomic mass is 10.2. The second-order valence-electron chi connectivity index (χ2n) is 4.29. The quantitative estimate of drug-likeness (QED) is 0.803. The molecule has 6 heteroatoms. The summed E-state index contributed by atoms with van der Waals surface area (Å²) >= 11 is 0. The molecule has 1 aromatic rings. The molecule has 0 fully saturated rings. The molecule has 0 spiro atoms. The summed E-state index contributed by atoms with van der Waals surface area (Å²) in [7, 11) is 3.27. The van der Waals surface area contributed by atoms with Gasteiger partial charge in [-0.05, 0) is 24.1 Å². The van der Waals surface area contributed by atoms with Crippen molar-refractivity contribution >= 4 is 5.91 Å². The minimum absolute atomic E-state index is 0.0475. The van der Waals surface area contributed by atoms with Crippen LogP contribution in [0.25, 0.3) is 0 Å². The van der Waals surface area contributed by atoms with Crippen LogP contribution in [0.1, 0.15) is 18.4 Å². The highest BCUT2D eigenvalue weighted by molar-refractivity contribution is 5.75. The first kappa shape index (κ1) is 15.4. The van der Waals surface area contributed by atoms with Crippen LogP contribution in [0.3, 0.4) is 0 Å². The highest BCUT2D eigenvalue weighted by Gasteiger charge is 2.12. The van der Waals surface area contributed by atoms with Gasteiger partial charge < -0.3 is 14.7 Å². The van der Waals surface area contributed by atoms with Gasteiger partial charge in [-0.25, -0.2) is 8.78 Å². The zero-order valence-corrected chi connectivity index (χ0v) is 10.9. The Labute approximate surface area is 110 Å². The predicted molar refractivity (Wildman–Crippen MR) is 65.7 cm³/mol. The Kier molecular flexibility index (Phi) is 5.69. The summed E-state index contributed by atoms with van der Waals surface area (Å²) in [6, 6.07) is 2.03. The predicted octanol–water partition coefficient (Wildman–Crippen LogP) is 1.70. The first-order chi connectivity index (χ1) is 8.95. The normalized spacial score (nSPS) is 10.4. The van der Waals surface area contributed by atoms with Gasteiger partial charge in [0.1, 0.15) is 0 Å². The average Bonchev–Trinajstić information content (AvgIpc) is 2.36. The summed E-state index contributed by atoms with van der Waals surface area (Å²) in [5.41, 5.74) is 0.144. The van der Waals surface area contributed by atoms with Gasteiger partial charge in [-0.15, -0.1) is 0 Å². The maximum atomic E-state index is 13.5. The van der Waals surface area contributed by atoms with Gasteiger partial charge in [0.15, 0.2) is 17.4 Å². The van der Waals surface area contributed by atoms with Gasteiger partial charge >= 0.3 is 0 Å². The topological polar surface area (TPSA) is 49.8 Å². The van der Waals surface area contributed by atoms with Crippen LogP contribution >= 0.6 is 0 Å². The van der Waals surface area contributed by atoms with Crippen LogP contribution < -0.4 is 4.74 Å². The summed E-state index contributed by atoms with van der Waals surface area (Å²) in [5, 5.41) is 8.79. The Morgan fingerprint density at radius 2 is 1.89 bits per heavy atom. The van der Waals surface area contributed by atoms with E-state index >= 15 is 0 Å². The fourth-order valence-electron chi connectivity index (χ4n) is 1.46. The number of nitrogens with zero attached hydrogens (tertiary/aromatic N) is 1. The number of carbonyl (C=O) groups is 1. The van der Waals surface area contributed by atoms with Gasteiger partial charge in [-0.2, -0.15) is 0 Å². The van der Waals surface area contributed by atoms with E-state index in [0.29, 0.717) is 6.42 Å². The van der Waals surface area contributed by atoms with Crippen molar-refractivity contribution in [2.75, 3.05) is 20.7 Å². The molecule has 0 bridgehead atoms. The van der Waals surface area contributed by atoms with Gasteiger partial charge in [0.2, 0.25) is 5.91 Å². The molecular weight excluding hydrogens is 256 g/mol. The molecule has 0 saturated carbocycles. The van der Waals surface area contributed by atoms with Crippen molar-refractivity contribution in [3.63, 3.8) is 0 Å². The molecule has 19 heavy (non-hydrogen) atoms. The van der Waals surface area contributed by atoms with E-state index in [1.807, 2.05) is 0 Å². The number of carbonyl (C=O) groups excluding carboxylic acids is 1.